The second-order valence-corrected chi connectivity index (χ2v) is 7.15. The summed E-state index contributed by atoms with van der Waals surface area (Å²) in [5.74, 6) is 0. The maximum absolute atomic E-state index is 12.3. The van der Waals surface area contributed by atoms with Crippen molar-refractivity contribution in [3.8, 4) is 22.5 Å². The summed E-state index contributed by atoms with van der Waals surface area (Å²) in [6.45, 7) is 12.4. The first-order chi connectivity index (χ1) is 14.5. The van der Waals surface area contributed by atoms with Crippen LogP contribution in [0.5, 0.6) is 0 Å². The van der Waals surface area contributed by atoms with E-state index in [4.69, 9.17) is 0 Å². The molecule has 30 heavy (non-hydrogen) atoms. The Morgan fingerprint density at radius 3 is 1.50 bits per heavy atom. The van der Waals surface area contributed by atoms with Crippen molar-refractivity contribution in [2.45, 2.75) is 27.7 Å². The fraction of sp³-hybridized carbons (Fsp3) is 0.375. The molecule has 1 aromatic heterocycles. The number of aromatic nitrogens is 3. The molecule has 2 aromatic carbocycles. The van der Waals surface area contributed by atoms with Crippen LogP contribution in [0.2, 0.25) is 0 Å². The highest BCUT2D eigenvalue weighted by molar-refractivity contribution is 5.78. The maximum Gasteiger partial charge on any atom is 0.364 e. The smallest absolute Gasteiger partial charge is 0.364 e. The molecule has 0 radical (unpaired) electrons. The van der Waals surface area contributed by atoms with Crippen molar-refractivity contribution >= 4 is 11.4 Å². The summed E-state index contributed by atoms with van der Waals surface area (Å²) in [5, 5.41) is 4.54. The third-order valence-corrected chi connectivity index (χ3v) is 5.50. The number of nitrogens with zero attached hydrogens (tertiary/aromatic N) is 5. The van der Waals surface area contributed by atoms with Crippen LogP contribution in [0.25, 0.3) is 22.5 Å². The van der Waals surface area contributed by atoms with Crippen LogP contribution >= 0.6 is 0 Å². The molecule has 6 nitrogen and oxygen atoms in total. The Morgan fingerprint density at radius 2 is 1.10 bits per heavy atom. The molecule has 0 amide bonds. The van der Waals surface area contributed by atoms with Gasteiger partial charge in [0.05, 0.1) is 0 Å². The predicted octanol–water partition coefficient (Wildman–Crippen LogP) is 4.20. The third kappa shape index (κ3) is 4.37. The van der Waals surface area contributed by atoms with Crippen molar-refractivity contribution in [2.24, 2.45) is 7.05 Å². The molecule has 0 N–H and O–H groups in total. The van der Waals surface area contributed by atoms with E-state index in [0.29, 0.717) is 11.4 Å². The zero-order valence-electron chi connectivity index (χ0n) is 18.6. The summed E-state index contributed by atoms with van der Waals surface area (Å²) in [6, 6.07) is 16.5. The Kier molecular flexibility index (Phi) is 6.87. The van der Waals surface area contributed by atoms with E-state index >= 15 is 0 Å². The quantitative estimate of drug-likeness (QED) is 0.562. The Morgan fingerprint density at radius 1 is 0.700 bits per heavy atom. The van der Waals surface area contributed by atoms with E-state index in [1.165, 1.54) is 10.4 Å². The number of hydrogen-bond donors (Lipinski definition) is 0. The lowest BCUT2D eigenvalue weighted by atomic mass is 10.0. The SMILES string of the molecule is CCN(CC)c1ccc(-c2nc(=O)n(C)nc2-c2ccc(N(CC)CC)cc2)cc1. The zero-order chi connectivity index (χ0) is 21.7. The molecule has 0 saturated heterocycles. The largest absolute Gasteiger partial charge is 0.372 e. The Balaban J connectivity index is 2.05. The van der Waals surface area contributed by atoms with Gasteiger partial charge in [0.1, 0.15) is 11.4 Å². The molecule has 0 saturated carbocycles. The van der Waals surface area contributed by atoms with Crippen LogP contribution in [0.1, 0.15) is 27.7 Å². The Labute approximate surface area is 178 Å². The average Bonchev–Trinajstić information content (AvgIpc) is 2.78. The van der Waals surface area contributed by atoms with Gasteiger partial charge in [-0.15, -0.1) is 0 Å². The lowest BCUT2D eigenvalue weighted by molar-refractivity contribution is 0.681. The fourth-order valence-electron chi connectivity index (χ4n) is 3.69. The number of aryl methyl sites for hydroxylation is 1. The lowest BCUT2D eigenvalue weighted by Gasteiger charge is -2.21. The number of hydrogen-bond acceptors (Lipinski definition) is 5. The summed E-state index contributed by atoms with van der Waals surface area (Å²) >= 11 is 0. The first-order valence-corrected chi connectivity index (χ1v) is 10.7. The van der Waals surface area contributed by atoms with Crippen molar-refractivity contribution in [1.29, 1.82) is 0 Å². The van der Waals surface area contributed by atoms with Crippen LogP contribution in [-0.4, -0.2) is 40.9 Å². The number of rotatable bonds is 8. The van der Waals surface area contributed by atoms with Crippen molar-refractivity contribution in [3.05, 3.63) is 59.0 Å². The third-order valence-electron chi connectivity index (χ3n) is 5.50. The van der Waals surface area contributed by atoms with Crippen LogP contribution in [0.3, 0.4) is 0 Å². The van der Waals surface area contributed by atoms with Crippen molar-refractivity contribution in [2.75, 3.05) is 36.0 Å². The van der Waals surface area contributed by atoms with Crippen LogP contribution in [-0.2, 0) is 7.05 Å². The molecule has 0 fully saturated rings. The molecule has 1 heterocycles. The molecule has 0 aliphatic heterocycles. The summed E-state index contributed by atoms with van der Waals surface area (Å²) in [4.78, 5) is 21.2. The summed E-state index contributed by atoms with van der Waals surface area (Å²) in [7, 11) is 1.64. The predicted molar refractivity (Wildman–Crippen MR) is 125 cm³/mol. The van der Waals surface area contributed by atoms with E-state index in [1.807, 2.05) is 12.1 Å². The molecular weight excluding hydrogens is 374 g/mol. The average molecular weight is 406 g/mol. The number of benzene rings is 2. The molecule has 3 rings (SSSR count). The summed E-state index contributed by atoms with van der Waals surface area (Å²) in [5.41, 5.74) is 5.12. The monoisotopic (exact) mass is 405 g/mol. The molecular formula is C24H31N5O. The van der Waals surface area contributed by atoms with Crippen molar-refractivity contribution < 1.29 is 0 Å². The fourth-order valence-corrected chi connectivity index (χ4v) is 3.69. The van der Waals surface area contributed by atoms with E-state index in [2.05, 4.69) is 84.0 Å². The minimum absolute atomic E-state index is 0.360. The number of anilines is 2. The first-order valence-electron chi connectivity index (χ1n) is 10.7. The van der Waals surface area contributed by atoms with E-state index < -0.39 is 0 Å². The zero-order valence-corrected chi connectivity index (χ0v) is 18.6. The van der Waals surface area contributed by atoms with Crippen molar-refractivity contribution in [1.82, 2.24) is 14.8 Å². The van der Waals surface area contributed by atoms with E-state index in [9.17, 15) is 4.79 Å². The van der Waals surface area contributed by atoms with Crippen molar-refractivity contribution in [3.63, 3.8) is 0 Å². The maximum atomic E-state index is 12.3. The second kappa shape index (κ2) is 9.57. The highest BCUT2D eigenvalue weighted by atomic mass is 16.1. The summed E-state index contributed by atoms with van der Waals surface area (Å²) < 4.78 is 1.29. The molecule has 0 spiro atoms. The Hall–Kier alpha value is -3.15. The van der Waals surface area contributed by atoms with Crippen LogP contribution in [0.15, 0.2) is 53.3 Å². The van der Waals surface area contributed by atoms with Gasteiger partial charge in [-0.3, -0.25) is 0 Å². The topological polar surface area (TPSA) is 54.3 Å². The van der Waals surface area contributed by atoms with Gasteiger partial charge in [0.25, 0.3) is 0 Å². The minimum Gasteiger partial charge on any atom is -0.372 e. The standard InChI is InChI=1S/C24H31N5O/c1-6-28(7-2)20-14-10-18(11-15-20)22-23(26-27(5)24(30)25-22)19-12-16-21(17-13-19)29(8-3)9-4/h10-17H,6-9H2,1-5H3. The molecule has 0 aliphatic rings. The molecule has 3 aromatic rings. The first kappa shape index (κ1) is 21.6. The van der Waals surface area contributed by atoms with Gasteiger partial charge in [-0.2, -0.15) is 10.1 Å². The molecule has 0 bridgehead atoms. The van der Waals surface area contributed by atoms with Gasteiger partial charge in [0.2, 0.25) is 0 Å². The van der Waals surface area contributed by atoms with Gasteiger partial charge in [-0.1, -0.05) is 24.3 Å². The van der Waals surface area contributed by atoms with E-state index in [-0.39, 0.29) is 5.69 Å². The minimum atomic E-state index is -0.360. The second-order valence-electron chi connectivity index (χ2n) is 7.15. The van der Waals surface area contributed by atoms with Gasteiger partial charge < -0.3 is 9.80 Å². The molecule has 158 valence electrons. The Bertz CT molecular complexity index is 1020. The van der Waals surface area contributed by atoms with Gasteiger partial charge >= 0.3 is 5.69 Å². The van der Waals surface area contributed by atoms with Crippen LogP contribution in [0, 0.1) is 0 Å². The molecule has 0 aliphatic carbocycles. The molecule has 6 heteroatoms. The van der Waals surface area contributed by atoms with Crippen LogP contribution in [0.4, 0.5) is 11.4 Å². The van der Waals surface area contributed by atoms with Crippen LogP contribution < -0.4 is 15.5 Å². The molecule has 0 atom stereocenters. The normalized spacial score (nSPS) is 10.8. The highest BCUT2D eigenvalue weighted by Crippen LogP contribution is 2.30. The van der Waals surface area contributed by atoms with Gasteiger partial charge in [-0.25, -0.2) is 9.48 Å². The van der Waals surface area contributed by atoms with Gasteiger partial charge in [0.15, 0.2) is 0 Å². The highest BCUT2D eigenvalue weighted by Gasteiger charge is 2.15. The van der Waals surface area contributed by atoms with E-state index in [1.54, 1.807) is 7.05 Å². The van der Waals surface area contributed by atoms with Gasteiger partial charge in [0, 0.05) is 55.7 Å². The van der Waals surface area contributed by atoms with E-state index in [0.717, 1.165) is 43.0 Å². The van der Waals surface area contributed by atoms with Gasteiger partial charge in [-0.05, 0) is 52.0 Å². The summed E-state index contributed by atoms with van der Waals surface area (Å²) in [6.07, 6.45) is 0. The molecule has 0 unspecified atom stereocenters. The lowest BCUT2D eigenvalue weighted by Crippen LogP contribution is -2.24.